The topological polar surface area (TPSA) is 82.9 Å². The highest BCUT2D eigenvalue weighted by Crippen LogP contribution is 2.29. The summed E-state index contributed by atoms with van der Waals surface area (Å²) in [4.78, 5) is 14.4. The maximum atomic E-state index is 12.6. The Labute approximate surface area is 163 Å². The largest absolute Gasteiger partial charge is 0.438 e. The van der Waals surface area contributed by atoms with Crippen molar-refractivity contribution in [3.8, 4) is 0 Å². The van der Waals surface area contributed by atoms with Gasteiger partial charge in [0, 0.05) is 32.2 Å². The van der Waals surface area contributed by atoms with Gasteiger partial charge in [-0.15, -0.1) is 0 Å². The van der Waals surface area contributed by atoms with Crippen LogP contribution in [0.4, 0.5) is 11.4 Å². The molecular formula is C18H22ClN3O4S. The molecule has 1 N–H and O–H groups in total. The van der Waals surface area contributed by atoms with Crippen LogP contribution in [0, 0.1) is 0 Å². The molecule has 2 aromatic rings. The molecule has 9 heteroatoms. The molecule has 1 saturated heterocycles. The zero-order valence-electron chi connectivity index (χ0n) is 15.2. The molecule has 0 radical (unpaired) electrons. The molecule has 1 aliphatic rings. The molecule has 2 heterocycles. The third-order valence-corrected chi connectivity index (χ3v) is 6.41. The zero-order valence-corrected chi connectivity index (χ0v) is 16.8. The van der Waals surface area contributed by atoms with Gasteiger partial charge < -0.3 is 14.6 Å². The van der Waals surface area contributed by atoms with Gasteiger partial charge in [0.2, 0.25) is 5.09 Å². The minimum atomic E-state index is -3.72. The lowest BCUT2D eigenvalue weighted by molar-refractivity contribution is 0.0991. The predicted molar refractivity (Wildman–Crippen MR) is 105 cm³/mol. The SMILES string of the molecule is CN(C)c1ccc(Cl)cc1NC(=O)c1ccc(S(=O)(=O)N2CCCCC2)o1. The maximum absolute atomic E-state index is 12.6. The van der Waals surface area contributed by atoms with Crippen LogP contribution in [0.25, 0.3) is 0 Å². The Balaban J connectivity index is 1.81. The summed E-state index contributed by atoms with van der Waals surface area (Å²) < 4.78 is 32.1. The van der Waals surface area contributed by atoms with Crippen LogP contribution in [0.15, 0.2) is 39.8 Å². The molecule has 7 nitrogen and oxygen atoms in total. The van der Waals surface area contributed by atoms with Crippen molar-refractivity contribution in [2.24, 2.45) is 0 Å². The number of hydrogen-bond acceptors (Lipinski definition) is 5. The summed E-state index contributed by atoms with van der Waals surface area (Å²) in [5.74, 6) is -0.615. The quantitative estimate of drug-likeness (QED) is 0.814. The molecule has 0 saturated carbocycles. The molecule has 1 fully saturated rings. The van der Waals surface area contributed by atoms with Gasteiger partial charge in [-0.1, -0.05) is 18.0 Å². The van der Waals surface area contributed by atoms with Crippen LogP contribution in [0.1, 0.15) is 29.8 Å². The summed E-state index contributed by atoms with van der Waals surface area (Å²) >= 11 is 6.02. The number of hydrogen-bond donors (Lipinski definition) is 1. The number of nitrogens with zero attached hydrogens (tertiary/aromatic N) is 2. The van der Waals surface area contributed by atoms with Crippen LogP contribution < -0.4 is 10.2 Å². The minimum absolute atomic E-state index is 0.0738. The number of rotatable bonds is 5. The van der Waals surface area contributed by atoms with Gasteiger partial charge in [0.15, 0.2) is 5.76 Å². The fraction of sp³-hybridized carbons (Fsp3) is 0.389. The maximum Gasteiger partial charge on any atom is 0.291 e. The molecule has 0 bridgehead atoms. The van der Waals surface area contributed by atoms with Crippen LogP contribution in [-0.4, -0.2) is 45.8 Å². The van der Waals surface area contributed by atoms with E-state index in [9.17, 15) is 13.2 Å². The number of furan rings is 1. The van der Waals surface area contributed by atoms with Crippen molar-refractivity contribution in [3.63, 3.8) is 0 Å². The molecule has 146 valence electrons. The Morgan fingerprint density at radius 3 is 2.52 bits per heavy atom. The first kappa shape index (κ1) is 19.7. The number of nitrogens with one attached hydrogen (secondary N) is 1. The van der Waals surface area contributed by atoms with Gasteiger partial charge in [-0.3, -0.25) is 4.79 Å². The van der Waals surface area contributed by atoms with Gasteiger partial charge >= 0.3 is 0 Å². The van der Waals surface area contributed by atoms with E-state index in [1.807, 2.05) is 19.0 Å². The van der Waals surface area contributed by atoms with Crippen LogP contribution in [0.5, 0.6) is 0 Å². The molecule has 27 heavy (non-hydrogen) atoms. The van der Waals surface area contributed by atoms with E-state index >= 15 is 0 Å². The second-order valence-corrected chi connectivity index (χ2v) is 8.90. The van der Waals surface area contributed by atoms with Crippen molar-refractivity contribution in [1.29, 1.82) is 0 Å². The van der Waals surface area contributed by atoms with Crippen molar-refractivity contribution in [2.75, 3.05) is 37.4 Å². The van der Waals surface area contributed by atoms with Gasteiger partial charge in [-0.05, 0) is 43.2 Å². The predicted octanol–water partition coefficient (Wildman–Crippen LogP) is 3.43. The Morgan fingerprint density at radius 2 is 1.85 bits per heavy atom. The summed E-state index contributed by atoms with van der Waals surface area (Å²) in [6.07, 6.45) is 2.68. The summed E-state index contributed by atoms with van der Waals surface area (Å²) in [7, 11) is -0.0339. The summed E-state index contributed by atoms with van der Waals surface area (Å²) in [6.45, 7) is 0.943. The molecular weight excluding hydrogens is 390 g/mol. The van der Waals surface area contributed by atoms with E-state index in [0.717, 1.165) is 24.9 Å². The molecule has 1 aromatic heterocycles. The van der Waals surface area contributed by atoms with Gasteiger partial charge in [0.05, 0.1) is 11.4 Å². The molecule has 1 amide bonds. The number of halogens is 1. The monoisotopic (exact) mass is 411 g/mol. The van der Waals surface area contributed by atoms with Crippen molar-refractivity contribution in [2.45, 2.75) is 24.4 Å². The van der Waals surface area contributed by atoms with Crippen molar-refractivity contribution in [3.05, 3.63) is 41.1 Å². The number of amides is 1. The third kappa shape index (κ3) is 4.28. The summed E-state index contributed by atoms with van der Waals surface area (Å²) in [6, 6.07) is 7.83. The second kappa shape index (κ2) is 7.92. The fourth-order valence-electron chi connectivity index (χ4n) is 3.00. The highest BCUT2D eigenvalue weighted by molar-refractivity contribution is 7.89. The first-order valence-corrected chi connectivity index (χ1v) is 10.5. The number of benzene rings is 1. The molecule has 0 aliphatic carbocycles. The van der Waals surface area contributed by atoms with E-state index in [1.165, 1.54) is 16.4 Å². The highest BCUT2D eigenvalue weighted by Gasteiger charge is 2.29. The van der Waals surface area contributed by atoms with E-state index < -0.39 is 15.9 Å². The van der Waals surface area contributed by atoms with Crippen molar-refractivity contribution in [1.82, 2.24) is 4.31 Å². The number of carbonyl (C=O) groups is 1. The molecule has 1 aromatic carbocycles. The second-order valence-electron chi connectivity index (χ2n) is 6.59. The molecule has 0 unspecified atom stereocenters. The Morgan fingerprint density at radius 1 is 1.15 bits per heavy atom. The first-order valence-electron chi connectivity index (χ1n) is 8.67. The first-order chi connectivity index (χ1) is 12.8. The van der Waals surface area contributed by atoms with E-state index in [2.05, 4.69) is 5.32 Å². The zero-order chi connectivity index (χ0) is 19.6. The minimum Gasteiger partial charge on any atom is -0.438 e. The lowest BCUT2D eigenvalue weighted by Gasteiger charge is -2.24. The van der Waals surface area contributed by atoms with Gasteiger partial charge in [0.25, 0.3) is 15.9 Å². The van der Waals surface area contributed by atoms with Crippen molar-refractivity contribution >= 4 is 38.9 Å². The van der Waals surface area contributed by atoms with Crippen molar-refractivity contribution < 1.29 is 17.6 Å². The lowest BCUT2D eigenvalue weighted by Crippen LogP contribution is -2.35. The number of sulfonamides is 1. The Hall–Kier alpha value is -2.03. The Bertz CT molecular complexity index is 934. The normalized spacial score (nSPS) is 15.5. The average molecular weight is 412 g/mol. The smallest absolute Gasteiger partial charge is 0.291 e. The highest BCUT2D eigenvalue weighted by atomic mass is 35.5. The average Bonchev–Trinajstić information content (AvgIpc) is 3.13. The number of carbonyl (C=O) groups excluding carboxylic acids is 1. The molecule has 1 aliphatic heterocycles. The van der Waals surface area contributed by atoms with Crippen LogP contribution in [0.3, 0.4) is 0 Å². The molecule has 0 spiro atoms. The van der Waals surface area contributed by atoms with Gasteiger partial charge in [0.1, 0.15) is 0 Å². The van der Waals surface area contributed by atoms with E-state index in [1.54, 1.807) is 18.2 Å². The van der Waals surface area contributed by atoms with E-state index in [0.29, 0.717) is 23.8 Å². The van der Waals surface area contributed by atoms with Gasteiger partial charge in [-0.25, -0.2) is 8.42 Å². The summed E-state index contributed by atoms with van der Waals surface area (Å²) in [5, 5.41) is 2.99. The standard InChI is InChI=1S/C18H22ClN3O4S/c1-21(2)15-7-6-13(19)12-14(15)20-18(23)16-8-9-17(26-16)27(24,25)22-10-4-3-5-11-22/h6-9,12H,3-5,10-11H2,1-2H3,(H,20,23). The van der Waals surface area contributed by atoms with Gasteiger partial charge in [-0.2, -0.15) is 4.31 Å². The number of anilines is 2. The van der Waals surface area contributed by atoms with Crippen LogP contribution in [0.2, 0.25) is 5.02 Å². The van der Waals surface area contributed by atoms with Crippen LogP contribution >= 0.6 is 11.6 Å². The summed E-state index contributed by atoms with van der Waals surface area (Å²) in [5.41, 5.74) is 1.27. The van der Waals surface area contributed by atoms with Crippen LogP contribution in [-0.2, 0) is 10.0 Å². The fourth-order valence-corrected chi connectivity index (χ4v) is 4.60. The molecule has 3 rings (SSSR count). The molecule has 0 atom stereocenters. The number of piperidine rings is 1. The van der Waals surface area contributed by atoms with E-state index in [-0.39, 0.29) is 10.9 Å². The third-order valence-electron chi connectivity index (χ3n) is 4.40. The lowest BCUT2D eigenvalue weighted by atomic mass is 10.2. The Kier molecular flexibility index (Phi) is 5.78. The van der Waals surface area contributed by atoms with E-state index in [4.69, 9.17) is 16.0 Å².